The molecule has 0 aromatic heterocycles. The third kappa shape index (κ3) is 3.25. The molecule has 0 heterocycles. The van der Waals surface area contributed by atoms with Crippen molar-refractivity contribution in [3.8, 4) is 0 Å². The lowest BCUT2D eigenvalue weighted by molar-refractivity contribution is 0.311. The van der Waals surface area contributed by atoms with Crippen molar-refractivity contribution in [2.75, 3.05) is 6.26 Å². The molecule has 1 rings (SSSR count). The molecule has 0 saturated carbocycles. The van der Waals surface area contributed by atoms with Crippen molar-refractivity contribution in [3.05, 3.63) is 34.6 Å². The molecule has 14 heavy (non-hydrogen) atoms. The first-order valence-corrected chi connectivity index (χ1v) is 5.87. The predicted molar refractivity (Wildman–Crippen MR) is 51.0 cm³/mol. The summed E-state index contributed by atoms with van der Waals surface area (Å²) in [4.78, 5) is 0. The lowest BCUT2D eigenvalue weighted by Gasteiger charge is -2.04. The van der Waals surface area contributed by atoms with Gasteiger partial charge in [-0.25, -0.2) is 4.39 Å². The summed E-state index contributed by atoms with van der Waals surface area (Å²) in [6.45, 7) is -0.255. The van der Waals surface area contributed by atoms with Gasteiger partial charge in [0.05, 0.1) is 17.9 Å². The van der Waals surface area contributed by atoms with Crippen LogP contribution >= 0.6 is 11.6 Å². The van der Waals surface area contributed by atoms with Crippen molar-refractivity contribution in [2.45, 2.75) is 6.61 Å². The predicted octanol–water partition coefficient (Wildman–Crippen LogP) is 1.96. The fraction of sp³-hybridized carbons (Fsp3) is 0.250. The molecule has 0 amide bonds. The Morgan fingerprint density at radius 3 is 2.71 bits per heavy atom. The summed E-state index contributed by atoms with van der Waals surface area (Å²) in [5.41, 5.74) is 0.303. The second kappa shape index (κ2) is 4.25. The van der Waals surface area contributed by atoms with Crippen LogP contribution < -0.4 is 0 Å². The fourth-order valence-corrected chi connectivity index (χ4v) is 1.35. The fourth-order valence-electron chi connectivity index (χ4n) is 0.830. The zero-order chi connectivity index (χ0) is 10.8. The largest absolute Gasteiger partial charge is 0.265 e. The molecule has 0 bridgehead atoms. The molecular formula is C8H8ClFO3S. The molecule has 0 aliphatic rings. The SMILES string of the molecule is CS(=O)(=O)OCc1cccc(F)c1Cl. The van der Waals surface area contributed by atoms with Crippen LogP contribution in [0.25, 0.3) is 0 Å². The monoisotopic (exact) mass is 238 g/mol. The minimum atomic E-state index is -3.53. The van der Waals surface area contributed by atoms with Crippen LogP contribution in [0.3, 0.4) is 0 Å². The number of hydrogen-bond donors (Lipinski definition) is 0. The van der Waals surface area contributed by atoms with Gasteiger partial charge in [-0.1, -0.05) is 23.7 Å². The van der Waals surface area contributed by atoms with Gasteiger partial charge in [-0.05, 0) is 6.07 Å². The molecule has 0 aliphatic carbocycles. The van der Waals surface area contributed by atoms with Gasteiger partial charge >= 0.3 is 0 Å². The maximum atomic E-state index is 12.9. The van der Waals surface area contributed by atoms with E-state index in [9.17, 15) is 12.8 Å². The average Bonchev–Trinajstić information content (AvgIpc) is 2.06. The topological polar surface area (TPSA) is 43.4 Å². The summed E-state index contributed by atoms with van der Waals surface area (Å²) in [6.07, 6.45) is 0.917. The Hall–Kier alpha value is -0.650. The Balaban J connectivity index is 2.83. The van der Waals surface area contributed by atoms with Crippen LogP contribution in [-0.4, -0.2) is 14.7 Å². The molecule has 0 aliphatic heterocycles. The standard InChI is InChI=1S/C8H8ClFO3S/c1-14(11,12)13-5-6-3-2-4-7(10)8(6)9/h2-4H,5H2,1H3. The molecule has 1 aromatic rings. The van der Waals surface area contributed by atoms with Crippen molar-refractivity contribution in [1.82, 2.24) is 0 Å². The maximum absolute atomic E-state index is 12.9. The van der Waals surface area contributed by atoms with Crippen LogP contribution in [-0.2, 0) is 20.9 Å². The Bertz CT molecular complexity index is 430. The minimum Gasteiger partial charge on any atom is -0.265 e. The van der Waals surface area contributed by atoms with Crippen LogP contribution in [0, 0.1) is 5.82 Å². The molecule has 0 spiro atoms. The Morgan fingerprint density at radius 1 is 1.50 bits per heavy atom. The minimum absolute atomic E-state index is 0.115. The van der Waals surface area contributed by atoms with E-state index in [2.05, 4.69) is 4.18 Å². The first kappa shape index (κ1) is 11.4. The highest BCUT2D eigenvalue weighted by Crippen LogP contribution is 2.20. The van der Waals surface area contributed by atoms with Gasteiger partial charge in [0, 0.05) is 5.56 Å². The van der Waals surface area contributed by atoms with Crippen molar-refractivity contribution >= 4 is 21.7 Å². The van der Waals surface area contributed by atoms with Crippen LogP contribution in [0.1, 0.15) is 5.56 Å². The summed E-state index contributed by atoms with van der Waals surface area (Å²) in [7, 11) is -3.53. The first-order valence-electron chi connectivity index (χ1n) is 3.67. The second-order valence-electron chi connectivity index (χ2n) is 2.68. The molecule has 0 atom stereocenters. The van der Waals surface area contributed by atoms with Gasteiger partial charge in [0.25, 0.3) is 10.1 Å². The lowest BCUT2D eigenvalue weighted by Crippen LogP contribution is -2.03. The smallest absolute Gasteiger partial charge is 0.264 e. The van der Waals surface area contributed by atoms with Gasteiger partial charge in [-0.15, -0.1) is 0 Å². The highest BCUT2D eigenvalue weighted by Gasteiger charge is 2.08. The third-order valence-electron chi connectivity index (χ3n) is 1.46. The van der Waals surface area contributed by atoms with Crippen molar-refractivity contribution < 1.29 is 17.0 Å². The van der Waals surface area contributed by atoms with E-state index >= 15 is 0 Å². The second-order valence-corrected chi connectivity index (χ2v) is 4.70. The van der Waals surface area contributed by atoms with E-state index in [0.717, 1.165) is 6.26 Å². The number of benzene rings is 1. The van der Waals surface area contributed by atoms with Gasteiger partial charge in [0.15, 0.2) is 0 Å². The van der Waals surface area contributed by atoms with E-state index in [4.69, 9.17) is 11.6 Å². The van der Waals surface area contributed by atoms with Crippen LogP contribution in [0.4, 0.5) is 4.39 Å². The summed E-state index contributed by atoms with van der Waals surface area (Å²) >= 11 is 5.57. The molecule has 0 unspecified atom stereocenters. The lowest BCUT2D eigenvalue weighted by atomic mass is 10.2. The highest BCUT2D eigenvalue weighted by molar-refractivity contribution is 7.85. The molecule has 3 nitrogen and oxygen atoms in total. The molecule has 78 valence electrons. The molecular weight excluding hydrogens is 231 g/mol. The van der Waals surface area contributed by atoms with Crippen LogP contribution in [0.2, 0.25) is 5.02 Å². The zero-order valence-corrected chi connectivity index (χ0v) is 8.90. The van der Waals surface area contributed by atoms with Gasteiger partial charge in [-0.3, -0.25) is 4.18 Å². The Labute approximate surface area is 86.6 Å². The van der Waals surface area contributed by atoms with E-state index in [1.807, 2.05) is 0 Å². The van der Waals surface area contributed by atoms with Gasteiger partial charge < -0.3 is 0 Å². The van der Waals surface area contributed by atoms with E-state index in [-0.39, 0.29) is 11.6 Å². The van der Waals surface area contributed by atoms with Crippen LogP contribution in [0.5, 0.6) is 0 Å². The summed E-state index contributed by atoms with van der Waals surface area (Å²) in [5, 5.41) is -0.115. The van der Waals surface area contributed by atoms with E-state index < -0.39 is 15.9 Å². The number of hydrogen-bond acceptors (Lipinski definition) is 3. The molecule has 0 fully saturated rings. The van der Waals surface area contributed by atoms with Gasteiger partial charge in [-0.2, -0.15) is 8.42 Å². The number of halogens is 2. The Kier molecular flexibility index (Phi) is 3.47. The number of rotatable bonds is 3. The normalized spacial score (nSPS) is 11.6. The van der Waals surface area contributed by atoms with Crippen molar-refractivity contribution in [1.29, 1.82) is 0 Å². The van der Waals surface area contributed by atoms with Crippen LogP contribution in [0.15, 0.2) is 18.2 Å². The van der Waals surface area contributed by atoms with E-state index in [1.54, 1.807) is 0 Å². The molecule has 6 heteroatoms. The quantitative estimate of drug-likeness (QED) is 0.756. The van der Waals surface area contributed by atoms with Crippen molar-refractivity contribution in [3.63, 3.8) is 0 Å². The molecule has 0 radical (unpaired) electrons. The average molecular weight is 239 g/mol. The molecule has 0 N–H and O–H groups in total. The molecule has 1 aromatic carbocycles. The van der Waals surface area contributed by atoms with Crippen molar-refractivity contribution in [2.24, 2.45) is 0 Å². The maximum Gasteiger partial charge on any atom is 0.264 e. The summed E-state index contributed by atoms with van der Waals surface area (Å²) in [6, 6.07) is 4.12. The summed E-state index contributed by atoms with van der Waals surface area (Å²) < 4.78 is 38.6. The third-order valence-corrected chi connectivity index (χ3v) is 2.43. The van der Waals surface area contributed by atoms with Gasteiger partial charge in [0.2, 0.25) is 0 Å². The van der Waals surface area contributed by atoms with Gasteiger partial charge in [0.1, 0.15) is 5.82 Å². The Morgan fingerprint density at radius 2 is 2.14 bits per heavy atom. The van der Waals surface area contributed by atoms with E-state index in [1.165, 1.54) is 18.2 Å². The summed E-state index contributed by atoms with van der Waals surface area (Å²) in [5.74, 6) is -0.596. The zero-order valence-electron chi connectivity index (χ0n) is 7.33. The highest BCUT2D eigenvalue weighted by atomic mass is 35.5. The first-order chi connectivity index (χ1) is 6.40. The van der Waals surface area contributed by atoms with E-state index in [0.29, 0.717) is 5.56 Å². The molecule has 0 saturated heterocycles.